The van der Waals surface area contributed by atoms with E-state index in [1.807, 2.05) is 72.4 Å². The van der Waals surface area contributed by atoms with Gasteiger partial charge in [0, 0.05) is 55.5 Å². The average Bonchev–Trinajstić information content (AvgIpc) is 3.92. The summed E-state index contributed by atoms with van der Waals surface area (Å²) >= 11 is 0. The first-order valence-electron chi connectivity index (χ1n) is 16.9. The van der Waals surface area contributed by atoms with Crippen molar-refractivity contribution in [1.82, 2.24) is 24.1 Å². The maximum absolute atomic E-state index is 12.8. The first-order chi connectivity index (χ1) is 23.9. The zero-order chi connectivity index (χ0) is 33.8. The number of ether oxygens (including phenoxy) is 4. The van der Waals surface area contributed by atoms with Gasteiger partial charge in [-0.2, -0.15) is 10.2 Å². The molecule has 0 saturated carbocycles. The number of hydrogen-bond donors (Lipinski definition) is 0. The molecule has 2 aromatic heterocycles. The molecule has 5 aromatic rings. The summed E-state index contributed by atoms with van der Waals surface area (Å²) in [4.78, 5) is 17.6. The van der Waals surface area contributed by atoms with Crippen LogP contribution in [0.25, 0.3) is 5.69 Å². The molecular weight excluding hydrogens is 622 g/mol. The number of benzene rings is 3. The summed E-state index contributed by atoms with van der Waals surface area (Å²) in [5.41, 5.74) is 3.92. The average molecular weight is 666 g/mol. The molecule has 12 nitrogen and oxygen atoms in total. The highest BCUT2D eigenvalue weighted by Crippen LogP contribution is 2.37. The first kappa shape index (κ1) is 32.5. The van der Waals surface area contributed by atoms with Crippen LogP contribution in [0.2, 0.25) is 0 Å². The third-order valence-electron chi connectivity index (χ3n) is 9.43. The van der Waals surface area contributed by atoms with Crippen molar-refractivity contribution in [1.29, 1.82) is 0 Å². The topological polar surface area (TPSA) is 101 Å². The molecule has 0 amide bonds. The Balaban J connectivity index is 0.918. The summed E-state index contributed by atoms with van der Waals surface area (Å²) in [6.45, 7) is 8.85. The van der Waals surface area contributed by atoms with Crippen LogP contribution < -0.4 is 25.0 Å². The maximum atomic E-state index is 12.8. The van der Waals surface area contributed by atoms with Crippen LogP contribution in [0.4, 0.5) is 11.4 Å². The molecule has 49 heavy (non-hydrogen) atoms. The van der Waals surface area contributed by atoms with Gasteiger partial charge in [0.05, 0.1) is 32.0 Å². The van der Waals surface area contributed by atoms with Gasteiger partial charge in [0.15, 0.2) is 0 Å². The van der Waals surface area contributed by atoms with Crippen LogP contribution in [-0.4, -0.2) is 76.7 Å². The Bertz CT molecular complexity index is 1850. The second kappa shape index (κ2) is 14.2. The fourth-order valence-corrected chi connectivity index (χ4v) is 6.38. The van der Waals surface area contributed by atoms with Gasteiger partial charge in [-0.05, 0) is 92.2 Å². The molecule has 0 radical (unpaired) electrons. The number of aromatic nitrogens is 5. The number of hydrogen-bond acceptors (Lipinski definition) is 9. The molecule has 2 saturated heterocycles. The Hall–Kier alpha value is -5.07. The maximum Gasteiger partial charge on any atom is 0.350 e. The Morgan fingerprint density at radius 3 is 2.12 bits per heavy atom. The fraction of sp³-hybridized carbons (Fsp3) is 0.378. The highest BCUT2D eigenvalue weighted by Gasteiger charge is 2.44. The van der Waals surface area contributed by atoms with Crippen molar-refractivity contribution in [3.63, 3.8) is 0 Å². The van der Waals surface area contributed by atoms with Gasteiger partial charge in [0.25, 0.3) is 0 Å². The monoisotopic (exact) mass is 665 g/mol. The van der Waals surface area contributed by atoms with E-state index in [1.165, 1.54) is 5.69 Å². The van der Waals surface area contributed by atoms with Gasteiger partial charge in [-0.3, -0.25) is 4.68 Å². The molecule has 3 aromatic carbocycles. The van der Waals surface area contributed by atoms with Crippen LogP contribution in [0.15, 0.2) is 102 Å². The van der Waals surface area contributed by atoms with Crippen molar-refractivity contribution in [3.05, 3.63) is 114 Å². The molecule has 0 N–H and O–H groups in total. The second-order valence-corrected chi connectivity index (χ2v) is 12.5. The van der Waals surface area contributed by atoms with Crippen LogP contribution in [-0.2, 0) is 21.8 Å². The fourth-order valence-electron chi connectivity index (χ4n) is 6.38. The Morgan fingerprint density at radius 2 is 1.51 bits per heavy atom. The molecule has 7 rings (SSSR count). The second-order valence-electron chi connectivity index (χ2n) is 12.5. The predicted octanol–water partition coefficient (Wildman–Crippen LogP) is 4.88. The van der Waals surface area contributed by atoms with E-state index in [0.29, 0.717) is 19.8 Å². The number of rotatable bonds is 12. The van der Waals surface area contributed by atoms with E-state index in [1.54, 1.807) is 28.9 Å². The Kier molecular flexibility index (Phi) is 9.41. The Morgan fingerprint density at radius 1 is 0.878 bits per heavy atom. The van der Waals surface area contributed by atoms with Crippen molar-refractivity contribution < 1.29 is 18.9 Å². The van der Waals surface area contributed by atoms with Crippen molar-refractivity contribution in [2.45, 2.75) is 44.7 Å². The third-order valence-corrected chi connectivity index (χ3v) is 9.43. The van der Waals surface area contributed by atoms with E-state index in [-0.39, 0.29) is 17.8 Å². The van der Waals surface area contributed by atoms with E-state index in [4.69, 9.17) is 18.9 Å². The molecule has 2 fully saturated rings. The van der Waals surface area contributed by atoms with Gasteiger partial charge in [0.2, 0.25) is 5.79 Å². The Labute approximate surface area is 286 Å². The molecule has 0 bridgehead atoms. The van der Waals surface area contributed by atoms with Crippen LogP contribution in [0, 0.1) is 0 Å². The standard InChI is InChI=1S/C37H43N7O5/c1-4-28(2)44-36(45)43(27-39-44)32-10-8-30(9-11-32)40-20-22-41(23-21-40)31-12-16-34(17-13-31)47-24-35-25-48-37(49-35,26-42-19-5-18-38-42)29-6-14-33(46-3)15-7-29/h5-19,27-28,35H,4,20-26H2,1-3H3/t28?,35-,37-/m1/s1. The van der Waals surface area contributed by atoms with E-state index >= 15 is 0 Å². The van der Waals surface area contributed by atoms with Gasteiger partial charge in [-0.15, -0.1) is 0 Å². The van der Waals surface area contributed by atoms with Gasteiger partial charge in [0.1, 0.15) is 30.5 Å². The number of piperazine rings is 1. The number of nitrogens with zero attached hydrogens (tertiary/aromatic N) is 7. The molecule has 12 heteroatoms. The minimum Gasteiger partial charge on any atom is -0.497 e. The normalized spacial score (nSPS) is 20.0. The minimum absolute atomic E-state index is 0.0703. The third kappa shape index (κ3) is 6.92. The van der Waals surface area contributed by atoms with Gasteiger partial charge in [-0.25, -0.2) is 14.0 Å². The molecule has 2 aliphatic heterocycles. The molecule has 0 spiro atoms. The molecule has 4 heterocycles. The van der Waals surface area contributed by atoms with Crippen molar-refractivity contribution in [3.8, 4) is 17.2 Å². The number of anilines is 2. The molecule has 1 unspecified atom stereocenters. The lowest BCUT2D eigenvalue weighted by atomic mass is 10.1. The smallest absolute Gasteiger partial charge is 0.350 e. The highest BCUT2D eigenvalue weighted by molar-refractivity contribution is 5.54. The molecular formula is C37H43N7O5. The van der Waals surface area contributed by atoms with Crippen LogP contribution in [0.3, 0.4) is 0 Å². The summed E-state index contributed by atoms with van der Waals surface area (Å²) in [5, 5.41) is 8.68. The van der Waals surface area contributed by atoms with Crippen LogP contribution in [0.1, 0.15) is 31.9 Å². The SMILES string of the molecule is CCC(C)n1ncn(-c2ccc(N3CCN(c4ccc(OC[C@@H]5CO[C@@](Cn6cccn6)(c6ccc(OC)cc6)O5)cc4)CC3)cc2)c1=O. The van der Waals surface area contributed by atoms with E-state index in [9.17, 15) is 4.79 Å². The molecule has 256 valence electrons. The molecule has 0 aliphatic carbocycles. The summed E-state index contributed by atoms with van der Waals surface area (Å²) in [7, 11) is 1.65. The largest absolute Gasteiger partial charge is 0.497 e. The number of methoxy groups -OCH3 is 1. The molecule has 3 atom stereocenters. The zero-order valence-corrected chi connectivity index (χ0v) is 28.2. The summed E-state index contributed by atoms with van der Waals surface area (Å²) < 4.78 is 29.3. The summed E-state index contributed by atoms with van der Waals surface area (Å²) in [6, 6.07) is 26.1. The van der Waals surface area contributed by atoms with E-state index in [0.717, 1.165) is 61.0 Å². The highest BCUT2D eigenvalue weighted by atomic mass is 16.8. The lowest BCUT2D eigenvalue weighted by Crippen LogP contribution is -2.46. The van der Waals surface area contributed by atoms with E-state index < -0.39 is 5.79 Å². The van der Waals surface area contributed by atoms with Crippen molar-refractivity contribution in [2.75, 3.05) is 56.3 Å². The molecule has 2 aliphatic rings. The summed E-state index contributed by atoms with van der Waals surface area (Å²) in [5.74, 6) is 0.583. The van der Waals surface area contributed by atoms with Crippen molar-refractivity contribution in [2.24, 2.45) is 0 Å². The van der Waals surface area contributed by atoms with Gasteiger partial charge in [-0.1, -0.05) is 6.92 Å². The van der Waals surface area contributed by atoms with Gasteiger partial charge < -0.3 is 28.7 Å². The predicted molar refractivity (Wildman–Crippen MR) is 187 cm³/mol. The van der Waals surface area contributed by atoms with E-state index in [2.05, 4.69) is 51.2 Å². The minimum atomic E-state index is -0.975. The zero-order valence-electron chi connectivity index (χ0n) is 28.2. The van der Waals surface area contributed by atoms with Crippen LogP contribution in [0.5, 0.6) is 11.5 Å². The lowest BCUT2D eigenvalue weighted by molar-refractivity contribution is -0.190. The quantitative estimate of drug-likeness (QED) is 0.185. The van der Waals surface area contributed by atoms with Gasteiger partial charge >= 0.3 is 5.69 Å². The van der Waals surface area contributed by atoms with Crippen molar-refractivity contribution >= 4 is 11.4 Å². The first-order valence-corrected chi connectivity index (χ1v) is 16.9. The summed E-state index contributed by atoms with van der Waals surface area (Å²) in [6.07, 6.45) is 5.86. The lowest BCUT2D eigenvalue weighted by Gasteiger charge is -2.37. The van der Waals surface area contributed by atoms with Crippen LogP contribution >= 0.6 is 0 Å².